The van der Waals surface area contributed by atoms with Crippen molar-refractivity contribution in [3.63, 3.8) is 0 Å². The van der Waals surface area contributed by atoms with E-state index in [9.17, 15) is 9.59 Å². The van der Waals surface area contributed by atoms with Crippen LogP contribution < -0.4 is 11.1 Å². The number of nitrogens with one attached hydrogen (secondary N) is 1. The first kappa shape index (κ1) is 21.9. The van der Waals surface area contributed by atoms with E-state index < -0.39 is 0 Å². The predicted molar refractivity (Wildman–Crippen MR) is 122 cm³/mol. The molecule has 1 aliphatic rings. The zero-order valence-corrected chi connectivity index (χ0v) is 19.1. The average Bonchev–Trinajstić information content (AvgIpc) is 3.12. The van der Waals surface area contributed by atoms with E-state index in [-0.39, 0.29) is 17.9 Å². The molecule has 0 aliphatic carbocycles. The van der Waals surface area contributed by atoms with Crippen molar-refractivity contribution < 1.29 is 9.59 Å². The quantitative estimate of drug-likeness (QED) is 0.586. The van der Waals surface area contributed by atoms with E-state index >= 15 is 0 Å². The van der Waals surface area contributed by atoms with Crippen LogP contribution in [0.4, 0.5) is 5.69 Å². The summed E-state index contributed by atoms with van der Waals surface area (Å²) in [6.07, 6.45) is 1.80. The number of hydrogen-bond acceptors (Lipinski definition) is 4. The SMILES string of the molecule is Cc1cc(SCC(=O)Nc2cccc(CN3CCCC3C(N)=O)c2)c(C)cc1Br. The maximum atomic E-state index is 12.4. The van der Waals surface area contributed by atoms with Gasteiger partial charge >= 0.3 is 0 Å². The highest BCUT2D eigenvalue weighted by atomic mass is 79.9. The summed E-state index contributed by atoms with van der Waals surface area (Å²) in [5.41, 5.74) is 9.64. The van der Waals surface area contributed by atoms with Crippen molar-refractivity contribution in [3.8, 4) is 0 Å². The molecule has 0 spiro atoms. The number of aryl methyl sites for hydroxylation is 2. The van der Waals surface area contributed by atoms with Gasteiger partial charge in [-0.05, 0) is 74.2 Å². The van der Waals surface area contributed by atoms with Gasteiger partial charge in [-0.2, -0.15) is 0 Å². The fourth-order valence-electron chi connectivity index (χ4n) is 3.57. The summed E-state index contributed by atoms with van der Waals surface area (Å²) in [6.45, 7) is 5.62. The zero-order chi connectivity index (χ0) is 21.0. The molecule has 0 bridgehead atoms. The maximum Gasteiger partial charge on any atom is 0.234 e. The van der Waals surface area contributed by atoms with E-state index in [1.165, 1.54) is 11.8 Å². The normalized spacial score (nSPS) is 16.7. The zero-order valence-electron chi connectivity index (χ0n) is 16.7. The summed E-state index contributed by atoms with van der Waals surface area (Å²) in [5.74, 6) is 0.0490. The Morgan fingerprint density at radius 3 is 2.79 bits per heavy atom. The van der Waals surface area contributed by atoms with Crippen molar-refractivity contribution >= 4 is 45.2 Å². The number of nitrogens with zero attached hydrogens (tertiary/aromatic N) is 1. The maximum absolute atomic E-state index is 12.4. The minimum Gasteiger partial charge on any atom is -0.368 e. The Morgan fingerprint density at radius 2 is 2.03 bits per heavy atom. The monoisotopic (exact) mass is 475 g/mol. The van der Waals surface area contributed by atoms with E-state index in [1.54, 1.807) is 0 Å². The smallest absolute Gasteiger partial charge is 0.234 e. The van der Waals surface area contributed by atoms with Gasteiger partial charge < -0.3 is 11.1 Å². The van der Waals surface area contributed by atoms with Crippen molar-refractivity contribution in [1.82, 2.24) is 4.90 Å². The highest BCUT2D eigenvalue weighted by Gasteiger charge is 2.28. The van der Waals surface area contributed by atoms with Crippen molar-refractivity contribution in [2.45, 2.75) is 44.2 Å². The molecular formula is C22H26BrN3O2S. The molecule has 0 saturated carbocycles. The van der Waals surface area contributed by atoms with Crippen molar-refractivity contribution in [2.75, 3.05) is 17.6 Å². The molecule has 0 radical (unpaired) electrons. The minimum absolute atomic E-state index is 0.0386. The van der Waals surface area contributed by atoms with Gasteiger partial charge in [0, 0.05) is 21.6 Å². The number of carbonyl (C=O) groups is 2. The molecule has 1 unspecified atom stereocenters. The van der Waals surface area contributed by atoms with Gasteiger partial charge in [-0.1, -0.05) is 28.1 Å². The van der Waals surface area contributed by atoms with E-state index in [1.807, 2.05) is 38.1 Å². The summed E-state index contributed by atoms with van der Waals surface area (Å²) < 4.78 is 1.08. The number of benzene rings is 2. The van der Waals surface area contributed by atoms with Crippen LogP contribution in [0.5, 0.6) is 0 Å². The van der Waals surface area contributed by atoms with Gasteiger partial charge in [0.25, 0.3) is 0 Å². The number of halogens is 1. The lowest BCUT2D eigenvalue weighted by Crippen LogP contribution is -2.39. The van der Waals surface area contributed by atoms with Crippen LogP contribution in [0.25, 0.3) is 0 Å². The molecule has 1 atom stereocenters. The summed E-state index contributed by atoms with van der Waals surface area (Å²) in [5, 5.41) is 2.98. The van der Waals surface area contributed by atoms with Gasteiger partial charge in [0.2, 0.25) is 11.8 Å². The molecule has 3 rings (SSSR count). The Hall–Kier alpha value is -1.83. The summed E-state index contributed by atoms with van der Waals surface area (Å²) in [6, 6.07) is 11.8. The van der Waals surface area contributed by atoms with Crippen LogP contribution in [0.1, 0.15) is 29.5 Å². The number of carbonyl (C=O) groups excluding carboxylic acids is 2. The molecule has 1 heterocycles. The van der Waals surface area contributed by atoms with Crippen molar-refractivity contribution in [1.29, 1.82) is 0 Å². The highest BCUT2D eigenvalue weighted by molar-refractivity contribution is 9.10. The third-order valence-electron chi connectivity index (χ3n) is 5.10. The minimum atomic E-state index is -0.262. The first-order valence-electron chi connectivity index (χ1n) is 9.65. The van der Waals surface area contributed by atoms with Crippen LogP contribution in [-0.4, -0.2) is 35.1 Å². The first-order chi connectivity index (χ1) is 13.8. The van der Waals surface area contributed by atoms with Crippen molar-refractivity contribution in [3.05, 3.63) is 57.6 Å². The second-order valence-corrected chi connectivity index (χ2v) is 9.31. The van der Waals surface area contributed by atoms with Crippen LogP contribution in [0.3, 0.4) is 0 Å². The lowest BCUT2D eigenvalue weighted by molar-refractivity contribution is -0.122. The predicted octanol–water partition coefficient (Wildman–Crippen LogP) is 4.25. The standard InChI is InChI=1S/C22H26BrN3O2S/c1-14-10-20(15(2)9-18(14)23)29-13-21(27)25-17-6-3-5-16(11-17)12-26-8-4-7-19(26)22(24)28/h3,5-6,9-11,19H,4,7-8,12-13H2,1-2H3,(H2,24,28)(H,25,27). The number of nitrogens with two attached hydrogens (primary N) is 1. The topological polar surface area (TPSA) is 75.4 Å². The third kappa shape index (κ3) is 5.84. The highest BCUT2D eigenvalue weighted by Crippen LogP contribution is 2.28. The molecule has 5 nitrogen and oxygen atoms in total. The number of anilines is 1. The van der Waals surface area contributed by atoms with Gasteiger partial charge in [-0.15, -0.1) is 11.8 Å². The van der Waals surface area contributed by atoms with Gasteiger partial charge in [0.15, 0.2) is 0 Å². The number of hydrogen-bond donors (Lipinski definition) is 2. The van der Waals surface area contributed by atoms with Crippen LogP contribution >= 0.6 is 27.7 Å². The molecule has 0 aromatic heterocycles. The number of amides is 2. The molecule has 29 heavy (non-hydrogen) atoms. The van der Waals surface area contributed by atoms with Crippen LogP contribution in [0, 0.1) is 13.8 Å². The van der Waals surface area contributed by atoms with E-state index in [0.29, 0.717) is 12.3 Å². The Morgan fingerprint density at radius 1 is 1.24 bits per heavy atom. The molecule has 1 saturated heterocycles. The Kier molecular flexibility index (Phi) is 7.38. The summed E-state index contributed by atoms with van der Waals surface area (Å²) in [4.78, 5) is 27.2. The second kappa shape index (κ2) is 9.78. The van der Waals surface area contributed by atoms with E-state index in [0.717, 1.165) is 51.1 Å². The van der Waals surface area contributed by atoms with Crippen molar-refractivity contribution in [2.24, 2.45) is 5.73 Å². The molecule has 7 heteroatoms. The van der Waals surface area contributed by atoms with Gasteiger partial charge in [0.05, 0.1) is 11.8 Å². The molecule has 3 N–H and O–H groups in total. The molecule has 1 aliphatic heterocycles. The number of likely N-dealkylation sites (tertiary alicyclic amines) is 1. The number of primary amides is 1. The summed E-state index contributed by atoms with van der Waals surface area (Å²) >= 11 is 5.07. The lowest BCUT2D eigenvalue weighted by atomic mass is 10.1. The average molecular weight is 476 g/mol. The number of thioether (sulfide) groups is 1. The molecular weight excluding hydrogens is 450 g/mol. The van der Waals surface area contributed by atoms with Gasteiger partial charge in [-0.3, -0.25) is 14.5 Å². The largest absolute Gasteiger partial charge is 0.368 e. The molecule has 2 aromatic rings. The molecule has 154 valence electrons. The first-order valence-corrected chi connectivity index (χ1v) is 11.4. The fraction of sp³-hybridized carbons (Fsp3) is 0.364. The van der Waals surface area contributed by atoms with Gasteiger partial charge in [-0.25, -0.2) is 0 Å². The summed E-state index contributed by atoms with van der Waals surface area (Å²) in [7, 11) is 0. The molecule has 2 aromatic carbocycles. The van der Waals surface area contributed by atoms with E-state index in [2.05, 4.69) is 38.3 Å². The second-order valence-electron chi connectivity index (χ2n) is 7.43. The Bertz CT molecular complexity index is 919. The van der Waals surface area contributed by atoms with E-state index in [4.69, 9.17) is 5.73 Å². The molecule has 1 fully saturated rings. The Balaban J connectivity index is 1.58. The Labute approximate surface area is 184 Å². The van der Waals surface area contributed by atoms with Crippen LogP contribution in [-0.2, 0) is 16.1 Å². The lowest BCUT2D eigenvalue weighted by Gasteiger charge is -2.22. The third-order valence-corrected chi connectivity index (χ3v) is 7.12. The van der Waals surface area contributed by atoms with Crippen LogP contribution in [0.15, 0.2) is 45.8 Å². The van der Waals surface area contributed by atoms with Crippen LogP contribution in [0.2, 0.25) is 0 Å². The van der Waals surface area contributed by atoms with Gasteiger partial charge in [0.1, 0.15) is 0 Å². The fourth-order valence-corrected chi connectivity index (χ4v) is 4.93. The molecule has 2 amide bonds. The number of rotatable bonds is 7.